The molecule has 3 fully saturated rings. The maximum Gasteiger partial charge on any atom is 0.326 e. The van der Waals surface area contributed by atoms with Crippen molar-refractivity contribution in [1.29, 1.82) is 0 Å². The van der Waals surface area contributed by atoms with Crippen molar-refractivity contribution in [3.05, 3.63) is 0 Å². The Bertz CT molecular complexity index is 585. The minimum Gasteiger partial charge on any atom is -0.480 e. The van der Waals surface area contributed by atoms with Crippen LogP contribution in [0.1, 0.15) is 39.5 Å². The number of carbonyl (C=O) groups is 4. The van der Waals surface area contributed by atoms with E-state index in [1.165, 1.54) is 0 Å². The van der Waals surface area contributed by atoms with Crippen molar-refractivity contribution < 1.29 is 29.0 Å². The molecule has 5 atom stereocenters. The largest absolute Gasteiger partial charge is 0.480 e. The highest BCUT2D eigenvalue weighted by Gasteiger charge is 2.77. The number of carboxylic acid groups (broad SMARTS) is 1. The van der Waals surface area contributed by atoms with Crippen molar-refractivity contribution in [1.82, 2.24) is 4.90 Å². The van der Waals surface area contributed by atoms with E-state index in [0.29, 0.717) is 12.8 Å². The number of rotatable bonds is 5. The summed E-state index contributed by atoms with van der Waals surface area (Å²) in [7, 11) is 0. The van der Waals surface area contributed by atoms with Crippen LogP contribution in [-0.2, 0) is 23.9 Å². The summed E-state index contributed by atoms with van der Waals surface area (Å²) >= 11 is 0. The molecule has 0 radical (unpaired) electrons. The standard InChI is InChI=1S/C15H20N2O6/c1-14-8-4-5-9(23-8)15(14,2)13(22)17(12(14)21)7(11(19)20)3-6-10(16)18/h7-9H,3-6H2,1-2H3,(H2,16,18)(H,19,20)/t7?,8-,9+,14+,15-. The fourth-order valence-corrected chi connectivity index (χ4v) is 4.39. The van der Waals surface area contributed by atoms with Crippen LogP contribution in [0.3, 0.4) is 0 Å². The van der Waals surface area contributed by atoms with Crippen LogP contribution < -0.4 is 5.73 Å². The minimum atomic E-state index is -1.37. The van der Waals surface area contributed by atoms with E-state index in [4.69, 9.17) is 10.5 Å². The molecule has 0 aromatic heterocycles. The molecule has 0 saturated carbocycles. The van der Waals surface area contributed by atoms with Gasteiger partial charge < -0.3 is 15.6 Å². The minimum absolute atomic E-state index is 0.176. The summed E-state index contributed by atoms with van der Waals surface area (Å²) in [5.74, 6) is -3.02. The van der Waals surface area contributed by atoms with E-state index in [9.17, 15) is 24.3 Å². The van der Waals surface area contributed by atoms with Gasteiger partial charge in [-0.2, -0.15) is 0 Å². The van der Waals surface area contributed by atoms with Crippen LogP contribution in [0.2, 0.25) is 0 Å². The van der Waals surface area contributed by atoms with Gasteiger partial charge in [-0.3, -0.25) is 19.3 Å². The monoisotopic (exact) mass is 324 g/mol. The molecular weight excluding hydrogens is 304 g/mol. The number of hydrogen-bond donors (Lipinski definition) is 2. The van der Waals surface area contributed by atoms with Crippen molar-refractivity contribution in [2.75, 3.05) is 0 Å². The fraction of sp³-hybridized carbons (Fsp3) is 0.733. The van der Waals surface area contributed by atoms with Gasteiger partial charge in [0.25, 0.3) is 0 Å². The van der Waals surface area contributed by atoms with Crippen LogP contribution in [0.5, 0.6) is 0 Å². The summed E-state index contributed by atoms with van der Waals surface area (Å²) in [5, 5.41) is 9.43. The van der Waals surface area contributed by atoms with Crippen LogP contribution in [0.4, 0.5) is 0 Å². The summed E-state index contributed by atoms with van der Waals surface area (Å²) in [6.45, 7) is 3.37. The van der Waals surface area contributed by atoms with E-state index >= 15 is 0 Å². The van der Waals surface area contributed by atoms with Gasteiger partial charge in [-0.1, -0.05) is 0 Å². The Labute approximate surface area is 132 Å². The summed E-state index contributed by atoms with van der Waals surface area (Å²) in [4.78, 5) is 49.3. The molecule has 3 heterocycles. The SMILES string of the molecule is C[C@@]12C(=O)N(C(CCC(N)=O)C(=O)O)C(=O)[C@]1(C)[C@H]1CC[C@@H]2O1. The number of ether oxygens (including phenoxy) is 1. The number of primary amides is 1. The zero-order valence-electron chi connectivity index (χ0n) is 13.1. The molecular formula is C15H20N2O6. The predicted octanol–water partition coefficient (Wildman–Crippen LogP) is -0.352. The van der Waals surface area contributed by atoms with Crippen molar-refractivity contribution >= 4 is 23.7 Å². The van der Waals surface area contributed by atoms with Crippen LogP contribution >= 0.6 is 0 Å². The Morgan fingerprint density at radius 3 is 2.13 bits per heavy atom. The Morgan fingerprint density at radius 1 is 1.26 bits per heavy atom. The molecule has 0 aromatic carbocycles. The van der Waals surface area contributed by atoms with Gasteiger partial charge >= 0.3 is 5.97 Å². The second-order valence-corrected chi connectivity index (χ2v) is 6.93. The lowest BCUT2D eigenvalue weighted by molar-refractivity contribution is -0.158. The summed E-state index contributed by atoms with van der Waals surface area (Å²) < 4.78 is 5.78. The van der Waals surface area contributed by atoms with Gasteiger partial charge in [-0.25, -0.2) is 4.79 Å². The smallest absolute Gasteiger partial charge is 0.326 e. The maximum atomic E-state index is 13.0. The molecule has 3 amide bonds. The number of nitrogens with zero attached hydrogens (tertiary/aromatic N) is 1. The van der Waals surface area contributed by atoms with Crippen molar-refractivity contribution in [3.63, 3.8) is 0 Å². The number of fused-ring (bicyclic) bond motifs is 5. The average molecular weight is 324 g/mol. The third kappa shape index (κ3) is 1.75. The highest BCUT2D eigenvalue weighted by molar-refractivity contribution is 6.12. The summed E-state index contributed by atoms with van der Waals surface area (Å²) in [5.41, 5.74) is 2.97. The molecule has 3 aliphatic heterocycles. The molecule has 0 aliphatic carbocycles. The molecule has 8 heteroatoms. The number of aliphatic carboxylic acids is 1. The number of imide groups is 1. The van der Waals surface area contributed by atoms with Crippen LogP contribution in [0, 0.1) is 10.8 Å². The lowest BCUT2D eigenvalue weighted by Crippen LogP contribution is -2.48. The molecule has 3 rings (SSSR count). The maximum absolute atomic E-state index is 13.0. The van der Waals surface area contributed by atoms with Crippen molar-refractivity contribution in [2.45, 2.75) is 57.8 Å². The number of likely N-dealkylation sites (tertiary alicyclic amines) is 1. The van der Waals surface area contributed by atoms with Gasteiger partial charge in [-0.15, -0.1) is 0 Å². The number of carboxylic acids is 1. The van der Waals surface area contributed by atoms with Crippen molar-refractivity contribution in [2.24, 2.45) is 16.6 Å². The Kier molecular flexibility index (Phi) is 3.30. The number of carbonyl (C=O) groups excluding carboxylic acids is 3. The quantitative estimate of drug-likeness (QED) is 0.665. The second-order valence-electron chi connectivity index (χ2n) is 6.93. The van der Waals surface area contributed by atoms with Crippen LogP contribution in [0.15, 0.2) is 0 Å². The first-order valence-electron chi connectivity index (χ1n) is 7.70. The van der Waals surface area contributed by atoms with E-state index in [-0.39, 0.29) is 25.0 Å². The number of hydrogen-bond acceptors (Lipinski definition) is 5. The zero-order valence-corrected chi connectivity index (χ0v) is 13.1. The molecule has 0 spiro atoms. The topological polar surface area (TPSA) is 127 Å². The average Bonchev–Trinajstić information content (AvgIpc) is 3.08. The molecule has 3 saturated heterocycles. The highest BCUT2D eigenvalue weighted by atomic mass is 16.5. The lowest BCUT2D eigenvalue weighted by atomic mass is 9.59. The van der Waals surface area contributed by atoms with Gasteiger partial charge in [0, 0.05) is 6.42 Å². The third-order valence-electron chi connectivity index (χ3n) is 5.97. The lowest BCUT2D eigenvalue weighted by Gasteiger charge is -2.36. The van der Waals surface area contributed by atoms with E-state index < -0.39 is 40.6 Å². The van der Waals surface area contributed by atoms with Gasteiger partial charge in [0.15, 0.2) is 0 Å². The summed E-state index contributed by atoms with van der Waals surface area (Å²) in [6.07, 6.45) is 0.245. The summed E-state index contributed by atoms with van der Waals surface area (Å²) in [6, 6.07) is -1.37. The fourth-order valence-electron chi connectivity index (χ4n) is 4.39. The van der Waals surface area contributed by atoms with Gasteiger partial charge in [0.1, 0.15) is 6.04 Å². The molecule has 1 unspecified atom stereocenters. The Balaban J connectivity index is 1.98. The highest BCUT2D eigenvalue weighted by Crippen LogP contribution is 2.64. The van der Waals surface area contributed by atoms with E-state index in [2.05, 4.69) is 0 Å². The molecule has 3 N–H and O–H groups in total. The molecule has 2 bridgehead atoms. The van der Waals surface area contributed by atoms with Gasteiger partial charge in [0.05, 0.1) is 23.0 Å². The van der Waals surface area contributed by atoms with Crippen LogP contribution in [-0.4, -0.2) is 51.9 Å². The third-order valence-corrected chi connectivity index (χ3v) is 5.97. The molecule has 3 aliphatic rings. The molecule has 8 nitrogen and oxygen atoms in total. The van der Waals surface area contributed by atoms with Gasteiger partial charge in [-0.05, 0) is 33.1 Å². The van der Waals surface area contributed by atoms with E-state index in [1.54, 1.807) is 13.8 Å². The Hall–Kier alpha value is -1.96. The first-order chi connectivity index (χ1) is 10.7. The molecule has 0 aromatic rings. The normalized spacial score (nSPS) is 39.7. The molecule has 23 heavy (non-hydrogen) atoms. The van der Waals surface area contributed by atoms with E-state index in [0.717, 1.165) is 4.90 Å². The number of amides is 3. The first-order valence-corrected chi connectivity index (χ1v) is 7.70. The molecule has 126 valence electrons. The second kappa shape index (κ2) is 4.77. The predicted molar refractivity (Wildman–Crippen MR) is 75.8 cm³/mol. The Morgan fingerprint density at radius 2 is 1.74 bits per heavy atom. The van der Waals surface area contributed by atoms with Gasteiger partial charge in [0.2, 0.25) is 17.7 Å². The first kappa shape index (κ1) is 15.9. The van der Waals surface area contributed by atoms with Crippen LogP contribution in [0.25, 0.3) is 0 Å². The number of nitrogens with two attached hydrogens (primary N) is 1. The zero-order chi connectivity index (χ0) is 17.2. The van der Waals surface area contributed by atoms with Crippen molar-refractivity contribution in [3.8, 4) is 0 Å². The van der Waals surface area contributed by atoms with E-state index in [1.807, 2.05) is 0 Å².